The molecule has 1 heterocycles. The molecule has 4 aromatic rings. The molecule has 3 aromatic carbocycles. The molecule has 3 nitrogen and oxygen atoms in total. The van der Waals surface area contributed by atoms with Gasteiger partial charge in [-0.3, -0.25) is 0 Å². The van der Waals surface area contributed by atoms with Crippen LogP contribution in [-0.4, -0.2) is 27.7 Å². The summed E-state index contributed by atoms with van der Waals surface area (Å²) in [5.41, 5.74) is 5.96. The van der Waals surface area contributed by atoms with Crippen molar-refractivity contribution in [1.82, 2.24) is 4.68 Å². The van der Waals surface area contributed by atoms with E-state index in [2.05, 4.69) is 29.4 Å². The number of nitrogens with zero attached hydrogens (tertiary/aromatic N) is 1. The Morgan fingerprint density at radius 3 is 1.88 bits per heavy atom. The first-order chi connectivity index (χ1) is 12.3. The SMILES string of the molecule is Cc1c(-c2ccccc2)c(-c2ccccc2)[nH+]n1-c1ccccc1[O-].[Mg+2]. The maximum atomic E-state index is 12.3. The van der Waals surface area contributed by atoms with Gasteiger partial charge in [0.2, 0.25) is 5.69 Å². The van der Waals surface area contributed by atoms with Crippen molar-refractivity contribution in [2.24, 2.45) is 0 Å². The van der Waals surface area contributed by atoms with Gasteiger partial charge >= 0.3 is 23.1 Å². The molecule has 4 rings (SSSR count). The van der Waals surface area contributed by atoms with Gasteiger partial charge in [-0.15, -0.1) is 9.78 Å². The third-order valence-corrected chi connectivity index (χ3v) is 4.40. The van der Waals surface area contributed by atoms with Gasteiger partial charge in [0, 0.05) is 5.56 Å². The summed E-state index contributed by atoms with van der Waals surface area (Å²) in [6, 6.07) is 27.5. The number of benzene rings is 3. The maximum Gasteiger partial charge on any atom is 2.00 e. The van der Waals surface area contributed by atoms with Crippen molar-refractivity contribution >= 4 is 23.1 Å². The van der Waals surface area contributed by atoms with E-state index in [-0.39, 0.29) is 28.8 Å². The summed E-state index contributed by atoms with van der Waals surface area (Å²) in [5.74, 6) is -0.00364. The molecule has 0 aliphatic heterocycles. The second-order valence-corrected chi connectivity index (χ2v) is 5.98. The smallest absolute Gasteiger partial charge is 0.871 e. The fraction of sp³-hybridized carbons (Fsp3) is 0.0455. The number of para-hydroxylation sites is 2. The molecule has 0 atom stereocenters. The maximum absolute atomic E-state index is 12.3. The summed E-state index contributed by atoms with van der Waals surface area (Å²) in [6.07, 6.45) is 0. The Kier molecular flexibility index (Phi) is 5.45. The molecule has 0 saturated carbocycles. The van der Waals surface area contributed by atoms with Crippen LogP contribution in [-0.2, 0) is 0 Å². The Labute approximate surface area is 169 Å². The zero-order valence-corrected chi connectivity index (χ0v) is 16.1. The van der Waals surface area contributed by atoms with Gasteiger partial charge in [0.1, 0.15) is 0 Å². The predicted molar refractivity (Wildman–Crippen MR) is 103 cm³/mol. The topological polar surface area (TPSA) is 42.1 Å². The zero-order chi connectivity index (χ0) is 17.2. The molecule has 0 fully saturated rings. The first-order valence-electron chi connectivity index (χ1n) is 8.27. The van der Waals surface area contributed by atoms with E-state index in [0.29, 0.717) is 5.69 Å². The van der Waals surface area contributed by atoms with E-state index >= 15 is 0 Å². The second-order valence-electron chi connectivity index (χ2n) is 5.98. The minimum absolute atomic E-state index is 0. The average molecular weight is 351 g/mol. The van der Waals surface area contributed by atoms with Crippen molar-refractivity contribution in [3.63, 3.8) is 0 Å². The number of aromatic amines is 1. The van der Waals surface area contributed by atoms with Gasteiger partial charge in [-0.05, 0) is 30.7 Å². The molecule has 0 saturated heterocycles. The first kappa shape index (κ1) is 18.2. The summed E-state index contributed by atoms with van der Waals surface area (Å²) >= 11 is 0. The molecule has 0 spiro atoms. The van der Waals surface area contributed by atoms with Crippen LogP contribution in [0.3, 0.4) is 0 Å². The van der Waals surface area contributed by atoms with Crippen molar-refractivity contribution in [3.8, 4) is 33.8 Å². The number of hydrogen-bond acceptors (Lipinski definition) is 1. The van der Waals surface area contributed by atoms with Crippen LogP contribution in [0.4, 0.5) is 0 Å². The minimum atomic E-state index is -0.00364. The van der Waals surface area contributed by atoms with Gasteiger partial charge in [0.05, 0.1) is 16.9 Å². The molecule has 1 aromatic heterocycles. The monoisotopic (exact) mass is 350 g/mol. The van der Waals surface area contributed by atoms with E-state index in [4.69, 9.17) is 0 Å². The van der Waals surface area contributed by atoms with Gasteiger partial charge < -0.3 is 5.11 Å². The largest absolute Gasteiger partial charge is 2.00 e. The summed E-state index contributed by atoms with van der Waals surface area (Å²) in [7, 11) is 0. The van der Waals surface area contributed by atoms with E-state index in [9.17, 15) is 5.11 Å². The Balaban J connectivity index is 0.00000196. The van der Waals surface area contributed by atoms with E-state index < -0.39 is 0 Å². The number of rotatable bonds is 3. The molecule has 4 heteroatoms. The Hall–Kier alpha value is -2.56. The van der Waals surface area contributed by atoms with E-state index in [1.54, 1.807) is 12.1 Å². The summed E-state index contributed by atoms with van der Waals surface area (Å²) < 4.78 is 1.88. The number of nitrogens with one attached hydrogen (secondary N) is 1. The van der Waals surface area contributed by atoms with Gasteiger partial charge in [-0.2, -0.15) is 0 Å². The van der Waals surface area contributed by atoms with Crippen molar-refractivity contribution in [3.05, 3.63) is 90.6 Å². The fourth-order valence-corrected chi connectivity index (χ4v) is 3.20. The molecule has 0 unspecified atom stereocenters. The van der Waals surface area contributed by atoms with Crippen LogP contribution in [0.25, 0.3) is 28.1 Å². The van der Waals surface area contributed by atoms with E-state index in [1.807, 2.05) is 60.1 Å². The molecule has 0 aliphatic carbocycles. The molecule has 1 N–H and O–H groups in total. The summed E-state index contributed by atoms with van der Waals surface area (Å²) in [6.45, 7) is 2.04. The molecular weight excluding hydrogens is 333 g/mol. The normalized spacial score (nSPS) is 10.3. The fourth-order valence-electron chi connectivity index (χ4n) is 3.20. The molecule has 26 heavy (non-hydrogen) atoms. The van der Waals surface area contributed by atoms with Gasteiger partial charge in [-0.1, -0.05) is 72.5 Å². The molecule has 0 amide bonds. The second kappa shape index (κ2) is 7.77. The standard InChI is InChI=1S/C22H18N2O.Mg/c1-16-21(17-10-4-2-5-11-17)22(18-12-6-3-7-13-18)23-24(16)19-14-8-9-15-20(19)25;/h2-15,25H,1H3;/q;+2. The first-order valence-corrected chi connectivity index (χ1v) is 8.27. The van der Waals surface area contributed by atoms with Gasteiger partial charge in [0.25, 0.3) is 0 Å². The third-order valence-electron chi connectivity index (χ3n) is 4.40. The number of H-pyrrole nitrogens is 1. The van der Waals surface area contributed by atoms with E-state index in [1.165, 1.54) is 0 Å². The van der Waals surface area contributed by atoms with E-state index in [0.717, 1.165) is 28.1 Å². The quantitative estimate of drug-likeness (QED) is 0.520. The van der Waals surface area contributed by atoms with Crippen molar-refractivity contribution in [2.45, 2.75) is 6.92 Å². The molecular formula is C22H18MgN2O+2. The van der Waals surface area contributed by atoms with Crippen LogP contribution in [0.1, 0.15) is 5.69 Å². The van der Waals surface area contributed by atoms with Crippen LogP contribution in [0.2, 0.25) is 0 Å². The molecule has 0 bridgehead atoms. The average Bonchev–Trinajstić information content (AvgIpc) is 3.01. The Morgan fingerprint density at radius 2 is 1.27 bits per heavy atom. The minimum Gasteiger partial charge on any atom is -0.871 e. The summed E-state index contributed by atoms with van der Waals surface area (Å²) in [4.78, 5) is 0. The Morgan fingerprint density at radius 1 is 0.731 bits per heavy atom. The van der Waals surface area contributed by atoms with Gasteiger partial charge in [-0.25, -0.2) is 0 Å². The van der Waals surface area contributed by atoms with Crippen LogP contribution in [0.15, 0.2) is 84.9 Å². The van der Waals surface area contributed by atoms with Crippen molar-refractivity contribution < 1.29 is 10.2 Å². The van der Waals surface area contributed by atoms with Crippen molar-refractivity contribution in [2.75, 3.05) is 0 Å². The van der Waals surface area contributed by atoms with Crippen molar-refractivity contribution in [1.29, 1.82) is 0 Å². The predicted octanol–water partition coefficient (Wildman–Crippen LogP) is 3.63. The Bertz CT molecular complexity index is 1010. The molecule has 0 radical (unpaired) electrons. The number of hydrogen-bond donors (Lipinski definition) is 0. The van der Waals surface area contributed by atoms with Gasteiger partial charge in [0.15, 0.2) is 0 Å². The number of aromatic nitrogens is 2. The van der Waals surface area contributed by atoms with Crippen LogP contribution in [0.5, 0.6) is 5.75 Å². The van der Waals surface area contributed by atoms with Crippen LogP contribution >= 0.6 is 0 Å². The molecule has 122 valence electrons. The zero-order valence-electron chi connectivity index (χ0n) is 14.6. The molecule has 0 aliphatic rings. The summed E-state index contributed by atoms with van der Waals surface area (Å²) in [5, 5.41) is 15.8. The van der Waals surface area contributed by atoms with Crippen LogP contribution < -0.4 is 10.2 Å². The van der Waals surface area contributed by atoms with Crippen LogP contribution in [0, 0.1) is 6.92 Å². The third kappa shape index (κ3) is 3.26.